The van der Waals surface area contributed by atoms with Crippen molar-refractivity contribution in [1.29, 1.82) is 0 Å². The molecule has 1 aromatic heterocycles. The van der Waals surface area contributed by atoms with Gasteiger partial charge in [-0.15, -0.1) is 0 Å². The number of benzene rings is 1. The number of hydrogen-bond acceptors (Lipinski definition) is 3. The van der Waals surface area contributed by atoms with E-state index in [1.165, 1.54) is 17.2 Å². The normalized spacial score (nSPS) is 17.4. The minimum Gasteiger partial charge on any atom is -0.475 e. The first-order valence-electron chi connectivity index (χ1n) is 6.37. The first-order chi connectivity index (χ1) is 9.24. The van der Waals surface area contributed by atoms with Gasteiger partial charge in [-0.2, -0.15) is 0 Å². The Kier molecular flexibility index (Phi) is 3.09. The lowest BCUT2D eigenvalue weighted by Crippen LogP contribution is -2.18. The number of carboxylic acid groups (broad SMARTS) is 1. The van der Waals surface area contributed by atoms with Crippen molar-refractivity contribution < 1.29 is 14.3 Å². The molecule has 0 bridgehead atoms. The van der Waals surface area contributed by atoms with Crippen molar-refractivity contribution in [3.05, 3.63) is 59.0 Å². The lowest BCUT2D eigenvalue weighted by atomic mass is 10.1. The molecule has 0 fully saturated rings. The molecule has 0 saturated carbocycles. The first-order valence-corrected chi connectivity index (χ1v) is 6.37. The minimum atomic E-state index is -1.03. The van der Waals surface area contributed by atoms with E-state index in [4.69, 9.17) is 9.52 Å². The highest BCUT2D eigenvalue weighted by molar-refractivity contribution is 5.84. The van der Waals surface area contributed by atoms with Crippen LogP contribution in [-0.2, 0) is 13.0 Å². The molecule has 0 radical (unpaired) electrons. The predicted molar refractivity (Wildman–Crippen MR) is 70.0 cm³/mol. The van der Waals surface area contributed by atoms with Crippen LogP contribution in [0.25, 0.3) is 0 Å². The van der Waals surface area contributed by atoms with E-state index < -0.39 is 5.97 Å². The second-order valence-electron chi connectivity index (χ2n) is 4.74. The largest absolute Gasteiger partial charge is 0.475 e. The summed E-state index contributed by atoms with van der Waals surface area (Å²) in [6, 6.07) is 11.9. The minimum absolute atomic E-state index is 0.0105. The molecule has 19 heavy (non-hydrogen) atoms. The van der Waals surface area contributed by atoms with Crippen molar-refractivity contribution in [2.75, 3.05) is 0 Å². The Labute approximate surface area is 111 Å². The van der Waals surface area contributed by atoms with Crippen LogP contribution in [0, 0.1) is 0 Å². The molecule has 3 rings (SSSR count). The maximum atomic E-state index is 10.7. The SMILES string of the molecule is O=C(O)c1ccc(CNC2CCc3ccccc32)o1. The van der Waals surface area contributed by atoms with Crippen molar-refractivity contribution >= 4 is 5.97 Å². The Morgan fingerprint density at radius 1 is 1.32 bits per heavy atom. The molecule has 2 N–H and O–H groups in total. The quantitative estimate of drug-likeness (QED) is 0.884. The summed E-state index contributed by atoms with van der Waals surface area (Å²) in [5.41, 5.74) is 2.73. The molecule has 98 valence electrons. The standard InChI is InChI=1S/C15H15NO3/c17-15(18)14-8-6-11(19-14)9-16-13-7-5-10-3-1-2-4-12(10)13/h1-4,6,8,13,16H,5,7,9H2,(H,17,18). The van der Waals surface area contributed by atoms with E-state index in [-0.39, 0.29) is 5.76 Å². The molecule has 1 heterocycles. The number of carbonyl (C=O) groups is 1. The molecule has 0 amide bonds. The van der Waals surface area contributed by atoms with Gasteiger partial charge in [0.1, 0.15) is 5.76 Å². The molecule has 1 unspecified atom stereocenters. The zero-order valence-corrected chi connectivity index (χ0v) is 10.4. The summed E-state index contributed by atoms with van der Waals surface area (Å²) in [4.78, 5) is 10.7. The monoisotopic (exact) mass is 257 g/mol. The van der Waals surface area contributed by atoms with E-state index >= 15 is 0 Å². The third-order valence-corrected chi connectivity index (χ3v) is 3.53. The van der Waals surface area contributed by atoms with Crippen LogP contribution in [0.15, 0.2) is 40.8 Å². The highest BCUT2D eigenvalue weighted by atomic mass is 16.4. The molecular formula is C15H15NO3. The van der Waals surface area contributed by atoms with Crippen LogP contribution in [0.4, 0.5) is 0 Å². The average Bonchev–Trinajstić information content (AvgIpc) is 3.03. The smallest absolute Gasteiger partial charge is 0.371 e. The molecule has 0 spiro atoms. The highest BCUT2D eigenvalue weighted by Crippen LogP contribution is 2.30. The molecule has 1 aliphatic carbocycles. The summed E-state index contributed by atoms with van der Waals surface area (Å²) >= 11 is 0. The Balaban J connectivity index is 1.65. The van der Waals surface area contributed by atoms with Gasteiger partial charge in [-0.3, -0.25) is 0 Å². The molecule has 0 aliphatic heterocycles. The lowest BCUT2D eigenvalue weighted by molar-refractivity contribution is 0.0660. The Hall–Kier alpha value is -2.07. The van der Waals surface area contributed by atoms with Gasteiger partial charge in [-0.25, -0.2) is 4.79 Å². The van der Waals surface area contributed by atoms with Gasteiger partial charge < -0.3 is 14.8 Å². The van der Waals surface area contributed by atoms with Crippen LogP contribution in [-0.4, -0.2) is 11.1 Å². The van der Waals surface area contributed by atoms with E-state index in [0.717, 1.165) is 12.8 Å². The van der Waals surface area contributed by atoms with Gasteiger partial charge in [0.15, 0.2) is 0 Å². The number of rotatable bonds is 4. The fourth-order valence-electron chi connectivity index (χ4n) is 2.58. The van der Waals surface area contributed by atoms with E-state index in [0.29, 0.717) is 18.3 Å². The summed E-state index contributed by atoms with van der Waals surface area (Å²) in [7, 11) is 0. The van der Waals surface area contributed by atoms with Gasteiger partial charge in [-0.05, 0) is 36.1 Å². The summed E-state index contributed by atoms with van der Waals surface area (Å²) in [6.45, 7) is 0.548. The Morgan fingerprint density at radius 2 is 2.16 bits per heavy atom. The van der Waals surface area contributed by atoms with Crippen molar-refractivity contribution in [3.63, 3.8) is 0 Å². The van der Waals surface area contributed by atoms with E-state index in [9.17, 15) is 4.79 Å². The third-order valence-electron chi connectivity index (χ3n) is 3.53. The number of aryl methyl sites for hydroxylation is 1. The third kappa shape index (κ3) is 2.39. The predicted octanol–water partition coefficient (Wildman–Crippen LogP) is 2.75. The van der Waals surface area contributed by atoms with Crippen LogP contribution < -0.4 is 5.32 Å². The zero-order valence-electron chi connectivity index (χ0n) is 10.4. The number of nitrogens with one attached hydrogen (secondary N) is 1. The average molecular weight is 257 g/mol. The van der Waals surface area contributed by atoms with Crippen LogP contribution in [0.1, 0.15) is 39.9 Å². The number of hydrogen-bond donors (Lipinski definition) is 2. The topological polar surface area (TPSA) is 62.5 Å². The maximum absolute atomic E-state index is 10.7. The van der Waals surface area contributed by atoms with Gasteiger partial charge in [-0.1, -0.05) is 24.3 Å². The maximum Gasteiger partial charge on any atom is 0.371 e. The van der Waals surface area contributed by atoms with Crippen molar-refractivity contribution in [2.24, 2.45) is 0 Å². The van der Waals surface area contributed by atoms with Crippen LogP contribution in [0.2, 0.25) is 0 Å². The number of aromatic carboxylic acids is 1. The van der Waals surface area contributed by atoms with Gasteiger partial charge in [0, 0.05) is 6.04 Å². The van der Waals surface area contributed by atoms with Crippen LogP contribution >= 0.6 is 0 Å². The van der Waals surface area contributed by atoms with Crippen molar-refractivity contribution in [2.45, 2.75) is 25.4 Å². The van der Waals surface area contributed by atoms with E-state index in [1.807, 2.05) is 6.07 Å². The fraction of sp³-hybridized carbons (Fsp3) is 0.267. The molecular weight excluding hydrogens is 242 g/mol. The Bertz CT molecular complexity index is 603. The van der Waals surface area contributed by atoms with E-state index in [2.05, 4.69) is 23.5 Å². The molecule has 0 saturated heterocycles. The van der Waals surface area contributed by atoms with Crippen LogP contribution in [0.5, 0.6) is 0 Å². The highest BCUT2D eigenvalue weighted by Gasteiger charge is 2.21. The summed E-state index contributed by atoms with van der Waals surface area (Å²) < 4.78 is 5.23. The Morgan fingerprint density at radius 3 is 2.95 bits per heavy atom. The number of carboxylic acids is 1. The lowest BCUT2D eigenvalue weighted by Gasteiger charge is -2.12. The van der Waals surface area contributed by atoms with Gasteiger partial charge in [0.25, 0.3) is 0 Å². The van der Waals surface area contributed by atoms with Crippen LogP contribution in [0.3, 0.4) is 0 Å². The van der Waals surface area contributed by atoms with Gasteiger partial charge >= 0.3 is 5.97 Å². The molecule has 1 atom stereocenters. The second-order valence-corrected chi connectivity index (χ2v) is 4.74. The number of furan rings is 1. The fourth-order valence-corrected chi connectivity index (χ4v) is 2.58. The molecule has 4 heteroatoms. The first kappa shape index (κ1) is 12.0. The van der Waals surface area contributed by atoms with Crippen molar-refractivity contribution in [3.8, 4) is 0 Å². The summed E-state index contributed by atoms with van der Waals surface area (Å²) in [6.07, 6.45) is 2.16. The number of fused-ring (bicyclic) bond motifs is 1. The molecule has 4 nitrogen and oxygen atoms in total. The zero-order chi connectivity index (χ0) is 13.2. The second kappa shape index (κ2) is 4.90. The molecule has 2 aromatic rings. The summed E-state index contributed by atoms with van der Waals surface area (Å²) in [5.74, 6) is -0.386. The summed E-state index contributed by atoms with van der Waals surface area (Å²) in [5, 5.41) is 12.2. The molecule has 1 aromatic carbocycles. The van der Waals surface area contributed by atoms with Gasteiger partial charge in [0.2, 0.25) is 5.76 Å². The van der Waals surface area contributed by atoms with E-state index in [1.54, 1.807) is 6.07 Å². The van der Waals surface area contributed by atoms with Gasteiger partial charge in [0.05, 0.1) is 6.54 Å². The van der Waals surface area contributed by atoms with Crippen molar-refractivity contribution in [1.82, 2.24) is 5.32 Å². The molecule has 1 aliphatic rings.